The first-order valence-corrected chi connectivity index (χ1v) is 8.31. The minimum atomic E-state index is 0.174. The second-order valence-electron chi connectivity index (χ2n) is 7.98. The third-order valence-corrected chi connectivity index (χ3v) is 5.31. The highest BCUT2D eigenvalue weighted by Crippen LogP contribution is 2.52. The first kappa shape index (κ1) is 14.9. The smallest absolute Gasteiger partial charge is 0.254 e. The van der Waals surface area contributed by atoms with Gasteiger partial charge in [0.2, 0.25) is 0 Å². The Bertz CT molecular complexity index is 568. The Labute approximate surface area is 132 Å². The molecule has 0 spiro atoms. The summed E-state index contributed by atoms with van der Waals surface area (Å²) in [5.41, 5.74) is 2.41. The van der Waals surface area contributed by atoms with E-state index in [9.17, 15) is 4.79 Å². The van der Waals surface area contributed by atoms with Crippen LogP contribution in [0.1, 0.15) is 56.0 Å². The number of halogens is 1. The Morgan fingerprint density at radius 3 is 2.81 bits per heavy atom. The highest BCUT2D eigenvalue weighted by molar-refractivity contribution is 6.17. The average molecular weight is 306 g/mol. The number of nitrogens with zero attached hydrogens (tertiary/aromatic N) is 1. The van der Waals surface area contributed by atoms with Crippen molar-refractivity contribution in [3.63, 3.8) is 0 Å². The molecule has 2 fully saturated rings. The Hall–Kier alpha value is -1.02. The van der Waals surface area contributed by atoms with E-state index >= 15 is 0 Å². The number of alkyl halides is 1. The van der Waals surface area contributed by atoms with Gasteiger partial charge < -0.3 is 4.90 Å². The molecule has 2 unspecified atom stereocenters. The molecule has 1 saturated heterocycles. The van der Waals surface area contributed by atoms with Crippen molar-refractivity contribution in [2.45, 2.75) is 52.0 Å². The van der Waals surface area contributed by atoms with Gasteiger partial charge in [-0.3, -0.25) is 4.79 Å². The van der Waals surface area contributed by atoms with Gasteiger partial charge in [0, 0.05) is 24.0 Å². The number of amides is 1. The highest BCUT2D eigenvalue weighted by atomic mass is 35.5. The van der Waals surface area contributed by atoms with E-state index in [0.717, 1.165) is 30.5 Å². The number of likely N-dealkylation sites (tertiary alicyclic amines) is 1. The molecule has 1 aromatic rings. The molecule has 2 aliphatic rings. The first-order valence-electron chi connectivity index (χ1n) is 7.78. The first-order chi connectivity index (χ1) is 9.82. The summed E-state index contributed by atoms with van der Waals surface area (Å²) < 4.78 is 0. The van der Waals surface area contributed by atoms with E-state index in [4.69, 9.17) is 11.6 Å². The molecule has 0 aromatic heterocycles. The molecular formula is C18H24ClNO. The fourth-order valence-corrected chi connectivity index (χ4v) is 4.82. The number of carbonyl (C=O) groups is 1. The van der Waals surface area contributed by atoms with Crippen LogP contribution in [0.2, 0.25) is 0 Å². The third-order valence-electron chi connectivity index (χ3n) is 5.00. The molecule has 1 heterocycles. The maximum atomic E-state index is 12.9. The summed E-state index contributed by atoms with van der Waals surface area (Å²) in [5, 5.41) is 0. The average Bonchev–Trinajstić information content (AvgIpc) is 2.67. The zero-order valence-electron chi connectivity index (χ0n) is 13.2. The zero-order valence-corrected chi connectivity index (χ0v) is 13.9. The molecule has 1 amide bonds. The van der Waals surface area contributed by atoms with Crippen LogP contribution in [0.15, 0.2) is 24.3 Å². The molecule has 1 aliphatic heterocycles. The summed E-state index contributed by atoms with van der Waals surface area (Å²) in [4.78, 5) is 15.0. The van der Waals surface area contributed by atoms with E-state index in [-0.39, 0.29) is 11.3 Å². The largest absolute Gasteiger partial charge is 0.335 e. The lowest BCUT2D eigenvalue weighted by atomic mass is 9.65. The number of hydrogen-bond donors (Lipinski definition) is 0. The van der Waals surface area contributed by atoms with Gasteiger partial charge in [0.25, 0.3) is 5.91 Å². The van der Waals surface area contributed by atoms with E-state index < -0.39 is 0 Å². The standard InChI is InChI=1S/C18H24ClNO/c1-17(2)8-15-9-18(3,11-17)12-20(15)16(21)14-6-4-5-13(7-14)10-19/h4-7,15H,8-12H2,1-3H3. The van der Waals surface area contributed by atoms with Gasteiger partial charge >= 0.3 is 0 Å². The van der Waals surface area contributed by atoms with Gasteiger partial charge in [-0.15, -0.1) is 11.6 Å². The van der Waals surface area contributed by atoms with Crippen molar-refractivity contribution in [3.05, 3.63) is 35.4 Å². The molecule has 3 heteroatoms. The van der Waals surface area contributed by atoms with Crippen molar-refractivity contribution in [1.29, 1.82) is 0 Å². The summed E-state index contributed by atoms with van der Waals surface area (Å²) in [7, 11) is 0. The van der Waals surface area contributed by atoms with Crippen LogP contribution in [0.4, 0.5) is 0 Å². The Kier molecular flexibility index (Phi) is 3.56. The van der Waals surface area contributed by atoms with Crippen LogP contribution in [0.25, 0.3) is 0 Å². The lowest BCUT2D eigenvalue weighted by Crippen LogP contribution is -2.37. The predicted octanol–water partition coefficient (Wildman–Crippen LogP) is 4.47. The molecule has 1 aliphatic carbocycles. The quantitative estimate of drug-likeness (QED) is 0.738. The number of carbonyl (C=O) groups excluding carboxylic acids is 1. The van der Waals surface area contributed by atoms with Crippen LogP contribution in [0.5, 0.6) is 0 Å². The van der Waals surface area contributed by atoms with Gasteiger partial charge in [-0.2, -0.15) is 0 Å². The predicted molar refractivity (Wildman–Crippen MR) is 86.6 cm³/mol. The van der Waals surface area contributed by atoms with E-state index in [1.54, 1.807) is 0 Å². The number of rotatable bonds is 2. The maximum Gasteiger partial charge on any atom is 0.254 e. The Morgan fingerprint density at radius 2 is 2.10 bits per heavy atom. The molecule has 21 heavy (non-hydrogen) atoms. The summed E-state index contributed by atoms with van der Waals surface area (Å²) >= 11 is 5.89. The monoisotopic (exact) mass is 305 g/mol. The Morgan fingerprint density at radius 1 is 1.33 bits per heavy atom. The fourth-order valence-electron chi connectivity index (χ4n) is 4.65. The zero-order chi connectivity index (χ0) is 15.3. The molecule has 1 aromatic carbocycles. The van der Waals surface area contributed by atoms with Gasteiger partial charge in [-0.05, 0) is 47.8 Å². The number of hydrogen-bond acceptors (Lipinski definition) is 1. The fraction of sp³-hybridized carbons (Fsp3) is 0.611. The van der Waals surface area contributed by atoms with Crippen LogP contribution < -0.4 is 0 Å². The van der Waals surface area contributed by atoms with E-state index in [0.29, 0.717) is 17.3 Å². The summed E-state index contributed by atoms with van der Waals surface area (Å²) in [5.74, 6) is 0.628. The second-order valence-corrected chi connectivity index (χ2v) is 8.25. The lowest BCUT2D eigenvalue weighted by molar-refractivity contribution is 0.0708. The van der Waals surface area contributed by atoms with E-state index in [1.165, 1.54) is 6.42 Å². The molecular weight excluding hydrogens is 282 g/mol. The SMILES string of the molecule is CC1(C)CC2CC(C)(CN2C(=O)c2cccc(CCl)c2)C1. The van der Waals surface area contributed by atoms with Crippen LogP contribution in [0, 0.1) is 10.8 Å². The molecule has 0 N–H and O–H groups in total. The van der Waals surface area contributed by atoms with Crippen LogP contribution in [-0.4, -0.2) is 23.4 Å². The summed E-state index contributed by atoms with van der Waals surface area (Å²) in [6.45, 7) is 7.90. The van der Waals surface area contributed by atoms with Crippen molar-refractivity contribution in [2.75, 3.05) is 6.54 Å². The van der Waals surface area contributed by atoms with Crippen LogP contribution >= 0.6 is 11.6 Å². The molecule has 2 bridgehead atoms. The lowest BCUT2D eigenvalue weighted by Gasteiger charge is -2.39. The van der Waals surface area contributed by atoms with E-state index in [1.807, 2.05) is 24.3 Å². The maximum absolute atomic E-state index is 12.9. The number of benzene rings is 1. The third kappa shape index (κ3) is 2.83. The molecule has 1 saturated carbocycles. The van der Waals surface area contributed by atoms with Crippen LogP contribution in [-0.2, 0) is 5.88 Å². The van der Waals surface area contributed by atoms with Crippen molar-refractivity contribution in [3.8, 4) is 0 Å². The van der Waals surface area contributed by atoms with Gasteiger partial charge in [0.15, 0.2) is 0 Å². The normalized spacial score (nSPS) is 30.5. The molecule has 114 valence electrons. The van der Waals surface area contributed by atoms with Gasteiger partial charge in [-0.25, -0.2) is 0 Å². The highest BCUT2D eigenvalue weighted by Gasteiger charge is 2.50. The van der Waals surface area contributed by atoms with Crippen molar-refractivity contribution in [2.24, 2.45) is 10.8 Å². The van der Waals surface area contributed by atoms with Gasteiger partial charge in [0.05, 0.1) is 0 Å². The molecule has 2 atom stereocenters. The topological polar surface area (TPSA) is 20.3 Å². The molecule has 0 radical (unpaired) electrons. The Balaban J connectivity index is 1.86. The van der Waals surface area contributed by atoms with Crippen molar-refractivity contribution < 1.29 is 4.79 Å². The molecule has 3 rings (SSSR count). The van der Waals surface area contributed by atoms with E-state index in [2.05, 4.69) is 25.7 Å². The number of fused-ring (bicyclic) bond motifs is 2. The summed E-state index contributed by atoms with van der Waals surface area (Å²) in [6, 6.07) is 8.14. The minimum Gasteiger partial charge on any atom is -0.335 e. The molecule has 2 nitrogen and oxygen atoms in total. The van der Waals surface area contributed by atoms with Crippen molar-refractivity contribution >= 4 is 17.5 Å². The van der Waals surface area contributed by atoms with Crippen molar-refractivity contribution in [1.82, 2.24) is 4.90 Å². The summed E-state index contributed by atoms with van der Waals surface area (Å²) in [6.07, 6.45) is 3.48. The second kappa shape index (κ2) is 5.01. The van der Waals surface area contributed by atoms with Gasteiger partial charge in [-0.1, -0.05) is 32.9 Å². The van der Waals surface area contributed by atoms with Crippen LogP contribution in [0.3, 0.4) is 0 Å². The van der Waals surface area contributed by atoms with Gasteiger partial charge in [0.1, 0.15) is 0 Å². The minimum absolute atomic E-state index is 0.174.